The second-order valence-corrected chi connectivity index (χ2v) is 8.47. The summed E-state index contributed by atoms with van der Waals surface area (Å²) >= 11 is 0. The van der Waals surface area contributed by atoms with Crippen LogP contribution in [0.2, 0.25) is 0 Å². The Hall–Kier alpha value is -0.870. The molecule has 1 aliphatic carbocycles. The normalized spacial score (nSPS) is 25.2. The van der Waals surface area contributed by atoms with Crippen LogP contribution < -0.4 is 5.32 Å². The average molecular weight is 295 g/mol. The molecule has 0 spiro atoms. The van der Waals surface area contributed by atoms with E-state index in [-0.39, 0.29) is 5.41 Å². The van der Waals surface area contributed by atoms with Gasteiger partial charge in [-0.3, -0.25) is 0 Å². The van der Waals surface area contributed by atoms with Crippen molar-refractivity contribution < 1.29 is 8.42 Å². The first-order valence-electron chi connectivity index (χ1n) is 7.30. The number of hydrogen-bond donors (Lipinski definition) is 1. The lowest BCUT2D eigenvalue weighted by molar-refractivity contribution is 0.0694. The van der Waals surface area contributed by atoms with Crippen molar-refractivity contribution in [1.29, 1.82) is 0 Å². The van der Waals surface area contributed by atoms with E-state index in [0.29, 0.717) is 16.9 Å². The predicted octanol–water partition coefficient (Wildman–Crippen LogP) is 2.97. The fraction of sp³-hybridized carbons (Fsp3) is 0.625. The zero-order valence-corrected chi connectivity index (χ0v) is 13.6. The van der Waals surface area contributed by atoms with E-state index in [1.165, 1.54) is 11.8 Å². The van der Waals surface area contributed by atoms with Crippen molar-refractivity contribution in [3.63, 3.8) is 0 Å². The van der Waals surface area contributed by atoms with Gasteiger partial charge in [-0.05, 0) is 48.4 Å². The highest BCUT2D eigenvalue weighted by Gasteiger charge is 2.48. The minimum absolute atomic E-state index is 0.224. The van der Waals surface area contributed by atoms with Gasteiger partial charge in [-0.2, -0.15) is 0 Å². The maximum Gasteiger partial charge on any atom is 0.175 e. The zero-order chi connectivity index (χ0) is 15.0. The standard InChI is InChI=1S/C16H25NO2S/c1-5-10-17-15-11-14(16(15,2)3)12-6-8-13(9-7-12)20(4,18)19/h6-9,14-15,17H,5,10-11H2,1-4H3. The zero-order valence-electron chi connectivity index (χ0n) is 12.8. The first kappa shape index (κ1) is 15.5. The number of hydrogen-bond acceptors (Lipinski definition) is 3. The molecule has 112 valence electrons. The highest BCUT2D eigenvalue weighted by molar-refractivity contribution is 7.90. The predicted molar refractivity (Wildman–Crippen MR) is 82.8 cm³/mol. The molecular formula is C16H25NO2S. The van der Waals surface area contributed by atoms with E-state index in [9.17, 15) is 8.42 Å². The molecule has 1 aliphatic rings. The van der Waals surface area contributed by atoms with Gasteiger partial charge in [0.2, 0.25) is 0 Å². The van der Waals surface area contributed by atoms with Crippen LogP contribution in [0.3, 0.4) is 0 Å². The number of benzene rings is 1. The molecule has 2 atom stereocenters. The first-order valence-corrected chi connectivity index (χ1v) is 9.19. The van der Waals surface area contributed by atoms with Crippen molar-refractivity contribution in [2.75, 3.05) is 12.8 Å². The minimum atomic E-state index is -3.10. The van der Waals surface area contributed by atoms with Gasteiger partial charge in [-0.25, -0.2) is 8.42 Å². The topological polar surface area (TPSA) is 46.2 Å². The molecule has 2 rings (SSSR count). The molecule has 0 radical (unpaired) electrons. The summed E-state index contributed by atoms with van der Waals surface area (Å²) in [5.41, 5.74) is 1.47. The van der Waals surface area contributed by atoms with Crippen molar-refractivity contribution in [2.24, 2.45) is 5.41 Å². The average Bonchev–Trinajstić information content (AvgIpc) is 2.37. The quantitative estimate of drug-likeness (QED) is 0.908. The van der Waals surface area contributed by atoms with Crippen LogP contribution in [-0.2, 0) is 9.84 Å². The van der Waals surface area contributed by atoms with Crippen molar-refractivity contribution in [3.8, 4) is 0 Å². The molecule has 0 aliphatic heterocycles. The van der Waals surface area contributed by atoms with Crippen molar-refractivity contribution in [1.82, 2.24) is 5.32 Å². The van der Waals surface area contributed by atoms with Crippen LogP contribution in [-0.4, -0.2) is 27.3 Å². The molecule has 1 aromatic carbocycles. The van der Waals surface area contributed by atoms with E-state index in [0.717, 1.165) is 19.4 Å². The third kappa shape index (κ3) is 2.91. The van der Waals surface area contributed by atoms with Gasteiger partial charge in [-0.15, -0.1) is 0 Å². The van der Waals surface area contributed by atoms with Gasteiger partial charge >= 0.3 is 0 Å². The van der Waals surface area contributed by atoms with Crippen LogP contribution in [0.1, 0.15) is 45.1 Å². The highest BCUT2D eigenvalue weighted by atomic mass is 32.2. The van der Waals surface area contributed by atoms with Gasteiger partial charge in [0.25, 0.3) is 0 Å². The Bertz CT molecular complexity index is 561. The van der Waals surface area contributed by atoms with Crippen LogP contribution in [0.25, 0.3) is 0 Å². The van der Waals surface area contributed by atoms with Crippen LogP contribution in [0.4, 0.5) is 0 Å². The van der Waals surface area contributed by atoms with Gasteiger partial charge in [0, 0.05) is 12.3 Å². The summed E-state index contributed by atoms with van der Waals surface area (Å²) in [6, 6.07) is 7.96. The summed E-state index contributed by atoms with van der Waals surface area (Å²) in [5, 5.41) is 3.60. The van der Waals surface area contributed by atoms with Crippen LogP contribution in [0, 0.1) is 5.41 Å². The molecule has 3 nitrogen and oxygen atoms in total. The van der Waals surface area contributed by atoms with E-state index in [1.807, 2.05) is 12.1 Å². The highest BCUT2D eigenvalue weighted by Crippen LogP contribution is 2.52. The molecule has 0 aromatic heterocycles. The molecule has 0 heterocycles. The fourth-order valence-electron chi connectivity index (χ4n) is 3.10. The van der Waals surface area contributed by atoms with Crippen LogP contribution >= 0.6 is 0 Å². The fourth-order valence-corrected chi connectivity index (χ4v) is 3.73. The maximum absolute atomic E-state index is 11.5. The van der Waals surface area contributed by atoms with Crippen LogP contribution in [0.15, 0.2) is 29.2 Å². The summed E-state index contributed by atoms with van der Waals surface area (Å²) in [4.78, 5) is 0.402. The third-order valence-corrected chi connectivity index (χ3v) is 5.75. The molecule has 0 saturated heterocycles. The lowest BCUT2D eigenvalue weighted by Crippen LogP contribution is -2.55. The largest absolute Gasteiger partial charge is 0.313 e. The molecule has 0 amide bonds. The lowest BCUT2D eigenvalue weighted by Gasteiger charge is -2.53. The summed E-state index contributed by atoms with van der Waals surface area (Å²) in [6.07, 6.45) is 3.53. The van der Waals surface area contributed by atoms with E-state index in [4.69, 9.17) is 0 Å². The van der Waals surface area contributed by atoms with Gasteiger partial charge in [-0.1, -0.05) is 32.9 Å². The van der Waals surface area contributed by atoms with Gasteiger partial charge in [0.15, 0.2) is 9.84 Å². The van der Waals surface area contributed by atoms with Crippen molar-refractivity contribution in [3.05, 3.63) is 29.8 Å². The second-order valence-electron chi connectivity index (χ2n) is 6.46. The summed E-state index contributed by atoms with van der Waals surface area (Å²) in [7, 11) is -3.10. The Balaban J connectivity index is 2.11. The molecule has 1 saturated carbocycles. The third-order valence-electron chi connectivity index (χ3n) is 4.62. The van der Waals surface area contributed by atoms with E-state index in [2.05, 4.69) is 26.1 Å². The van der Waals surface area contributed by atoms with E-state index >= 15 is 0 Å². The van der Waals surface area contributed by atoms with Crippen molar-refractivity contribution >= 4 is 9.84 Å². The molecular weight excluding hydrogens is 270 g/mol. The molecule has 1 aromatic rings. The molecule has 4 heteroatoms. The Labute approximate surface area is 122 Å². The maximum atomic E-state index is 11.5. The Morgan fingerprint density at radius 2 is 1.85 bits per heavy atom. The Morgan fingerprint density at radius 1 is 1.25 bits per heavy atom. The Kier molecular flexibility index (Phi) is 4.26. The molecule has 2 unspecified atom stereocenters. The van der Waals surface area contributed by atoms with E-state index < -0.39 is 9.84 Å². The smallest absolute Gasteiger partial charge is 0.175 e. The van der Waals surface area contributed by atoms with Gasteiger partial charge in [0.1, 0.15) is 0 Å². The number of rotatable bonds is 5. The van der Waals surface area contributed by atoms with Crippen molar-refractivity contribution in [2.45, 2.75) is 50.5 Å². The SMILES string of the molecule is CCCNC1CC(c2ccc(S(C)(=O)=O)cc2)C1(C)C. The summed E-state index contributed by atoms with van der Waals surface area (Å²) in [6.45, 7) is 7.83. The Morgan fingerprint density at radius 3 is 2.30 bits per heavy atom. The van der Waals surface area contributed by atoms with E-state index in [1.54, 1.807) is 12.1 Å². The van der Waals surface area contributed by atoms with Gasteiger partial charge in [0.05, 0.1) is 4.90 Å². The summed E-state index contributed by atoms with van der Waals surface area (Å²) < 4.78 is 23.0. The molecule has 0 bridgehead atoms. The van der Waals surface area contributed by atoms with Crippen LogP contribution in [0.5, 0.6) is 0 Å². The number of sulfone groups is 1. The lowest BCUT2D eigenvalue weighted by atomic mass is 9.56. The molecule has 1 fully saturated rings. The molecule has 20 heavy (non-hydrogen) atoms. The monoisotopic (exact) mass is 295 g/mol. The summed E-state index contributed by atoms with van der Waals surface area (Å²) in [5.74, 6) is 0.505. The first-order chi connectivity index (χ1) is 9.26. The number of nitrogens with one attached hydrogen (secondary N) is 1. The van der Waals surface area contributed by atoms with Gasteiger partial charge < -0.3 is 5.32 Å². The minimum Gasteiger partial charge on any atom is -0.313 e. The molecule has 1 N–H and O–H groups in total. The second kappa shape index (κ2) is 5.49.